The van der Waals surface area contributed by atoms with Crippen LogP contribution < -0.4 is 0 Å². The largest absolute Gasteiger partial charge is 0.505 e. The maximum Gasteiger partial charge on any atom is 0.145 e. The van der Waals surface area contributed by atoms with Crippen LogP contribution in [0, 0.1) is 6.92 Å². The monoisotopic (exact) mass is 298 g/mol. The zero-order chi connectivity index (χ0) is 15.9. The van der Waals surface area contributed by atoms with Gasteiger partial charge in [0.15, 0.2) is 0 Å². The highest BCUT2D eigenvalue weighted by Gasteiger charge is 2.09. The third-order valence-corrected chi connectivity index (χ3v) is 3.68. The smallest absolute Gasteiger partial charge is 0.145 e. The Balaban J connectivity index is 2.03. The van der Waals surface area contributed by atoms with Gasteiger partial charge >= 0.3 is 0 Å². The predicted molar refractivity (Wildman–Crippen MR) is 88.4 cm³/mol. The number of hydrogen-bond acceptors (Lipinski definition) is 4. The van der Waals surface area contributed by atoms with Crippen LogP contribution in [0.3, 0.4) is 0 Å². The molecule has 0 aliphatic rings. The zero-order valence-electron chi connectivity index (χ0n) is 13.0. The standard InChI is InChI=1S/C18H22N2O2/c1-13(8-9-15-6-4-3-5-7-15)19-11-17-16(12-21)10-20-14(2)18(17)22/h3-7,10-11,13,21-22H,8-9,12H2,1-2H3/t13-/m1/s1. The number of aryl methyl sites for hydroxylation is 2. The van der Waals surface area contributed by atoms with Gasteiger partial charge in [0.25, 0.3) is 0 Å². The Labute approximate surface area is 131 Å². The van der Waals surface area contributed by atoms with E-state index < -0.39 is 0 Å². The lowest BCUT2D eigenvalue weighted by Crippen LogP contribution is -2.03. The first-order valence-electron chi connectivity index (χ1n) is 7.47. The minimum absolute atomic E-state index is 0.0885. The summed E-state index contributed by atoms with van der Waals surface area (Å²) in [6.45, 7) is 3.61. The fourth-order valence-electron chi connectivity index (χ4n) is 2.22. The van der Waals surface area contributed by atoms with Crippen molar-refractivity contribution in [2.75, 3.05) is 0 Å². The molecule has 0 radical (unpaired) electrons. The molecule has 1 atom stereocenters. The number of aliphatic hydroxyl groups is 1. The van der Waals surface area contributed by atoms with Gasteiger partial charge < -0.3 is 10.2 Å². The Morgan fingerprint density at radius 1 is 1.27 bits per heavy atom. The number of nitrogens with zero attached hydrogens (tertiary/aromatic N) is 2. The van der Waals surface area contributed by atoms with E-state index in [1.54, 1.807) is 19.3 Å². The third kappa shape index (κ3) is 4.15. The molecule has 0 saturated carbocycles. The van der Waals surface area contributed by atoms with Gasteiger partial charge in [0.05, 0.1) is 12.3 Å². The summed E-state index contributed by atoms with van der Waals surface area (Å²) < 4.78 is 0. The Hall–Kier alpha value is -2.20. The molecule has 0 unspecified atom stereocenters. The molecule has 4 heteroatoms. The predicted octanol–water partition coefficient (Wildman–Crippen LogP) is 3.03. The molecule has 2 aromatic rings. The highest BCUT2D eigenvalue weighted by molar-refractivity contribution is 5.85. The Bertz CT molecular complexity index is 639. The fraction of sp³-hybridized carbons (Fsp3) is 0.333. The molecule has 1 aromatic heterocycles. The molecule has 0 saturated heterocycles. The summed E-state index contributed by atoms with van der Waals surface area (Å²) >= 11 is 0. The van der Waals surface area contributed by atoms with Gasteiger partial charge in [-0.25, -0.2) is 0 Å². The van der Waals surface area contributed by atoms with E-state index in [2.05, 4.69) is 22.1 Å². The Kier molecular flexibility index (Phi) is 5.67. The second kappa shape index (κ2) is 7.71. The molecule has 1 aromatic carbocycles. The molecule has 1 heterocycles. The first-order chi connectivity index (χ1) is 10.6. The zero-order valence-corrected chi connectivity index (χ0v) is 13.0. The lowest BCUT2D eigenvalue weighted by atomic mass is 10.1. The number of aromatic hydroxyl groups is 1. The number of hydrogen-bond donors (Lipinski definition) is 2. The molecule has 0 aliphatic carbocycles. The van der Waals surface area contributed by atoms with Crippen molar-refractivity contribution in [3.8, 4) is 5.75 Å². The molecular formula is C18H22N2O2. The van der Waals surface area contributed by atoms with Crippen LogP contribution in [0.15, 0.2) is 41.5 Å². The van der Waals surface area contributed by atoms with Crippen molar-refractivity contribution >= 4 is 6.21 Å². The van der Waals surface area contributed by atoms with Crippen LogP contribution in [0.2, 0.25) is 0 Å². The van der Waals surface area contributed by atoms with Crippen LogP contribution in [0.1, 0.15) is 35.7 Å². The summed E-state index contributed by atoms with van der Waals surface area (Å²) in [7, 11) is 0. The Morgan fingerprint density at radius 2 is 2.00 bits per heavy atom. The van der Waals surface area contributed by atoms with Crippen molar-refractivity contribution < 1.29 is 10.2 Å². The quantitative estimate of drug-likeness (QED) is 0.806. The first kappa shape index (κ1) is 16.2. The van der Waals surface area contributed by atoms with Crippen LogP contribution >= 0.6 is 0 Å². The molecule has 0 spiro atoms. The van der Waals surface area contributed by atoms with Crippen molar-refractivity contribution in [1.82, 2.24) is 4.98 Å². The van der Waals surface area contributed by atoms with Crippen molar-refractivity contribution in [3.63, 3.8) is 0 Å². The number of benzene rings is 1. The highest BCUT2D eigenvalue weighted by Crippen LogP contribution is 2.22. The lowest BCUT2D eigenvalue weighted by Gasteiger charge is -2.09. The number of rotatable bonds is 6. The average Bonchev–Trinajstić information content (AvgIpc) is 2.55. The third-order valence-electron chi connectivity index (χ3n) is 3.68. The second-order valence-electron chi connectivity index (χ2n) is 5.44. The Morgan fingerprint density at radius 3 is 2.68 bits per heavy atom. The summed E-state index contributed by atoms with van der Waals surface area (Å²) in [5.41, 5.74) is 2.97. The summed E-state index contributed by atoms with van der Waals surface area (Å²) in [5.74, 6) is 0.0885. The number of aliphatic imine (C=N–C) groups is 1. The SMILES string of the molecule is Cc1ncc(CO)c(C=N[C@H](C)CCc2ccccc2)c1O. The van der Waals surface area contributed by atoms with E-state index in [4.69, 9.17) is 0 Å². The summed E-state index contributed by atoms with van der Waals surface area (Å²) in [6.07, 6.45) is 5.11. The molecule has 0 fully saturated rings. The molecule has 0 amide bonds. The van der Waals surface area contributed by atoms with E-state index >= 15 is 0 Å². The summed E-state index contributed by atoms with van der Waals surface area (Å²) in [4.78, 5) is 8.54. The molecule has 0 aliphatic heterocycles. The molecular weight excluding hydrogens is 276 g/mol. The minimum atomic E-state index is -0.166. The van der Waals surface area contributed by atoms with Gasteiger partial charge in [0, 0.05) is 29.6 Å². The van der Waals surface area contributed by atoms with E-state index in [-0.39, 0.29) is 18.4 Å². The van der Waals surface area contributed by atoms with Gasteiger partial charge in [-0.15, -0.1) is 0 Å². The average molecular weight is 298 g/mol. The maximum absolute atomic E-state index is 10.1. The van der Waals surface area contributed by atoms with Crippen LogP contribution in [0.5, 0.6) is 5.75 Å². The van der Waals surface area contributed by atoms with Crippen LogP contribution in [0.25, 0.3) is 0 Å². The van der Waals surface area contributed by atoms with Gasteiger partial charge in [0.2, 0.25) is 0 Å². The fourth-order valence-corrected chi connectivity index (χ4v) is 2.22. The van der Waals surface area contributed by atoms with Crippen molar-refractivity contribution in [2.24, 2.45) is 4.99 Å². The summed E-state index contributed by atoms with van der Waals surface area (Å²) in [6, 6.07) is 10.4. The van der Waals surface area contributed by atoms with E-state index in [1.807, 2.05) is 25.1 Å². The highest BCUT2D eigenvalue weighted by atomic mass is 16.3. The maximum atomic E-state index is 10.1. The van der Waals surface area contributed by atoms with Crippen molar-refractivity contribution in [1.29, 1.82) is 0 Å². The molecule has 2 N–H and O–H groups in total. The molecule has 0 bridgehead atoms. The molecule has 116 valence electrons. The van der Waals surface area contributed by atoms with Crippen molar-refractivity contribution in [2.45, 2.75) is 39.3 Å². The van der Waals surface area contributed by atoms with Gasteiger partial charge in [-0.05, 0) is 32.3 Å². The first-order valence-corrected chi connectivity index (χ1v) is 7.47. The number of aromatic nitrogens is 1. The topological polar surface area (TPSA) is 65.7 Å². The minimum Gasteiger partial charge on any atom is -0.505 e. The summed E-state index contributed by atoms with van der Waals surface area (Å²) in [5, 5.41) is 19.4. The van der Waals surface area contributed by atoms with Gasteiger partial charge in [-0.1, -0.05) is 30.3 Å². The van der Waals surface area contributed by atoms with E-state index in [0.29, 0.717) is 16.8 Å². The molecule has 22 heavy (non-hydrogen) atoms. The van der Waals surface area contributed by atoms with E-state index in [9.17, 15) is 10.2 Å². The number of aliphatic hydroxyl groups excluding tert-OH is 1. The van der Waals surface area contributed by atoms with Gasteiger partial charge in [-0.3, -0.25) is 9.98 Å². The molecule has 4 nitrogen and oxygen atoms in total. The number of pyridine rings is 1. The normalized spacial score (nSPS) is 12.7. The van der Waals surface area contributed by atoms with Crippen LogP contribution in [0.4, 0.5) is 0 Å². The molecule has 2 rings (SSSR count). The van der Waals surface area contributed by atoms with Crippen LogP contribution in [-0.4, -0.2) is 27.5 Å². The second-order valence-corrected chi connectivity index (χ2v) is 5.44. The van der Waals surface area contributed by atoms with E-state index in [1.165, 1.54) is 5.56 Å². The van der Waals surface area contributed by atoms with Crippen LogP contribution in [-0.2, 0) is 13.0 Å². The lowest BCUT2D eigenvalue weighted by molar-refractivity contribution is 0.280. The van der Waals surface area contributed by atoms with Crippen molar-refractivity contribution in [3.05, 3.63) is 58.9 Å². The van der Waals surface area contributed by atoms with Gasteiger partial charge in [-0.2, -0.15) is 0 Å². The van der Waals surface area contributed by atoms with E-state index in [0.717, 1.165) is 12.8 Å². The van der Waals surface area contributed by atoms with Gasteiger partial charge in [0.1, 0.15) is 5.75 Å².